The zero-order valence-corrected chi connectivity index (χ0v) is 11.3. The molecule has 0 saturated heterocycles. The van der Waals surface area contributed by atoms with Gasteiger partial charge in [-0.3, -0.25) is 4.79 Å². The normalized spacial score (nSPS) is 11.9. The number of Topliss-reactive ketones (excluding diaryl/α,β-unsaturated/α-hetero) is 1. The summed E-state index contributed by atoms with van der Waals surface area (Å²) in [6.07, 6.45) is 0. The van der Waals surface area contributed by atoms with Gasteiger partial charge in [0.05, 0.1) is 12.7 Å². The van der Waals surface area contributed by atoms with Crippen molar-refractivity contribution in [2.45, 2.75) is 12.8 Å². The molecule has 20 heavy (non-hydrogen) atoms. The number of methoxy groups -OCH3 is 1. The first-order chi connectivity index (χ1) is 9.52. The lowest BCUT2D eigenvalue weighted by Gasteiger charge is -2.12. The molecule has 2 rings (SSSR count). The number of carbonyl (C=O) groups is 1. The SMILES string of the molecule is COc1ccc(C(=O)C(C)c2ccc(O)cc2)c(O)c1. The maximum Gasteiger partial charge on any atom is 0.173 e. The van der Waals surface area contributed by atoms with Gasteiger partial charge in [0.1, 0.15) is 17.2 Å². The first-order valence-electron chi connectivity index (χ1n) is 6.23. The average Bonchev–Trinajstić information content (AvgIpc) is 2.46. The molecular weight excluding hydrogens is 256 g/mol. The molecule has 0 aliphatic rings. The van der Waals surface area contributed by atoms with Gasteiger partial charge in [-0.25, -0.2) is 0 Å². The summed E-state index contributed by atoms with van der Waals surface area (Å²) in [6.45, 7) is 1.76. The van der Waals surface area contributed by atoms with Crippen LogP contribution in [0.5, 0.6) is 17.2 Å². The van der Waals surface area contributed by atoms with Crippen LogP contribution in [0.1, 0.15) is 28.8 Å². The lowest BCUT2D eigenvalue weighted by Crippen LogP contribution is -2.09. The molecular formula is C16H16O4. The van der Waals surface area contributed by atoms with Crippen LogP contribution in [0.4, 0.5) is 0 Å². The van der Waals surface area contributed by atoms with Crippen molar-refractivity contribution >= 4 is 5.78 Å². The van der Waals surface area contributed by atoms with Crippen LogP contribution >= 0.6 is 0 Å². The predicted octanol–water partition coefficient (Wildman–Crippen LogP) is 3.09. The summed E-state index contributed by atoms with van der Waals surface area (Å²) in [7, 11) is 1.50. The smallest absolute Gasteiger partial charge is 0.173 e. The minimum absolute atomic E-state index is 0.0972. The van der Waals surface area contributed by atoms with Crippen LogP contribution in [0, 0.1) is 0 Å². The maximum absolute atomic E-state index is 12.4. The Morgan fingerprint density at radius 2 is 1.75 bits per heavy atom. The van der Waals surface area contributed by atoms with Crippen LogP contribution in [0.2, 0.25) is 0 Å². The molecule has 2 aromatic rings. The van der Waals surface area contributed by atoms with E-state index in [0.29, 0.717) is 5.75 Å². The second-order valence-electron chi connectivity index (χ2n) is 4.56. The molecule has 1 unspecified atom stereocenters. The highest BCUT2D eigenvalue weighted by Crippen LogP contribution is 2.29. The van der Waals surface area contributed by atoms with Crippen molar-refractivity contribution in [3.05, 3.63) is 53.6 Å². The van der Waals surface area contributed by atoms with E-state index in [2.05, 4.69) is 0 Å². The van der Waals surface area contributed by atoms with Crippen molar-refractivity contribution in [2.75, 3.05) is 7.11 Å². The number of ether oxygens (including phenoxy) is 1. The Kier molecular flexibility index (Phi) is 3.94. The van der Waals surface area contributed by atoms with Crippen molar-refractivity contribution in [3.8, 4) is 17.2 Å². The second-order valence-corrected chi connectivity index (χ2v) is 4.56. The average molecular weight is 272 g/mol. The standard InChI is InChI=1S/C16H16O4/c1-10(11-3-5-12(17)6-4-11)16(19)14-8-7-13(20-2)9-15(14)18/h3-10,17-18H,1-2H3. The molecule has 4 heteroatoms. The second kappa shape index (κ2) is 5.65. The minimum atomic E-state index is -0.408. The first-order valence-corrected chi connectivity index (χ1v) is 6.23. The molecule has 0 fully saturated rings. The molecule has 0 aromatic heterocycles. The lowest BCUT2D eigenvalue weighted by molar-refractivity contribution is 0.0963. The number of rotatable bonds is 4. The Balaban J connectivity index is 2.28. The van der Waals surface area contributed by atoms with Gasteiger partial charge in [-0.15, -0.1) is 0 Å². The van der Waals surface area contributed by atoms with E-state index >= 15 is 0 Å². The van der Waals surface area contributed by atoms with Gasteiger partial charge in [0.15, 0.2) is 5.78 Å². The minimum Gasteiger partial charge on any atom is -0.508 e. The summed E-state index contributed by atoms with van der Waals surface area (Å²) >= 11 is 0. The van der Waals surface area contributed by atoms with Gasteiger partial charge in [-0.1, -0.05) is 19.1 Å². The quantitative estimate of drug-likeness (QED) is 0.839. The van der Waals surface area contributed by atoms with Crippen LogP contribution in [0.25, 0.3) is 0 Å². The molecule has 0 radical (unpaired) electrons. The fourth-order valence-corrected chi connectivity index (χ4v) is 1.99. The highest BCUT2D eigenvalue weighted by molar-refractivity contribution is 6.03. The molecule has 0 saturated carbocycles. The van der Waals surface area contributed by atoms with Crippen molar-refractivity contribution in [1.29, 1.82) is 0 Å². The van der Waals surface area contributed by atoms with Gasteiger partial charge in [0.2, 0.25) is 0 Å². The van der Waals surface area contributed by atoms with E-state index < -0.39 is 5.92 Å². The number of hydrogen-bond donors (Lipinski definition) is 2. The van der Waals surface area contributed by atoms with Crippen molar-refractivity contribution in [2.24, 2.45) is 0 Å². The molecule has 0 bridgehead atoms. The van der Waals surface area contributed by atoms with Crippen LogP contribution in [-0.2, 0) is 0 Å². The highest BCUT2D eigenvalue weighted by Gasteiger charge is 2.20. The van der Waals surface area contributed by atoms with E-state index in [1.807, 2.05) is 0 Å². The Bertz CT molecular complexity index is 617. The maximum atomic E-state index is 12.4. The highest BCUT2D eigenvalue weighted by atomic mass is 16.5. The largest absolute Gasteiger partial charge is 0.508 e. The Hall–Kier alpha value is -2.49. The molecule has 4 nitrogen and oxygen atoms in total. The van der Waals surface area contributed by atoms with Gasteiger partial charge in [-0.2, -0.15) is 0 Å². The molecule has 1 atom stereocenters. The van der Waals surface area contributed by atoms with E-state index in [-0.39, 0.29) is 22.8 Å². The van der Waals surface area contributed by atoms with Gasteiger partial charge in [-0.05, 0) is 29.8 Å². The monoisotopic (exact) mass is 272 g/mol. The van der Waals surface area contributed by atoms with Crippen molar-refractivity contribution in [1.82, 2.24) is 0 Å². The van der Waals surface area contributed by atoms with Crippen LogP contribution in [-0.4, -0.2) is 23.1 Å². The summed E-state index contributed by atoms with van der Waals surface area (Å²) in [5, 5.41) is 19.1. The summed E-state index contributed by atoms with van der Waals surface area (Å²) in [4.78, 5) is 12.4. The number of hydrogen-bond acceptors (Lipinski definition) is 4. The Labute approximate surface area is 117 Å². The summed E-state index contributed by atoms with van der Waals surface area (Å²) in [5.41, 5.74) is 1.04. The van der Waals surface area contributed by atoms with E-state index in [1.165, 1.54) is 25.3 Å². The first kappa shape index (κ1) is 13.9. The van der Waals surface area contributed by atoms with E-state index in [4.69, 9.17) is 4.74 Å². The van der Waals surface area contributed by atoms with Crippen LogP contribution in [0.3, 0.4) is 0 Å². The van der Waals surface area contributed by atoms with Gasteiger partial charge < -0.3 is 14.9 Å². The molecule has 2 aromatic carbocycles. The zero-order chi connectivity index (χ0) is 14.7. The number of aromatic hydroxyl groups is 2. The molecule has 0 amide bonds. The molecule has 0 spiro atoms. The molecule has 0 aliphatic heterocycles. The number of phenolic OH excluding ortho intramolecular Hbond substituents is 2. The Morgan fingerprint density at radius 1 is 1.10 bits per heavy atom. The summed E-state index contributed by atoms with van der Waals surface area (Å²) in [5.74, 6) is -0.0391. The number of phenols is 2. The lowest BCUT2D eigenvalue weighted by atomic mass is 9.92. The summed E-state index contributed by atoms with van der Waals surface area (Å²) < 4.78 is 4.99. The summed E-state index contributed by atoms with van der Waals surface area (Å²) in [6, 6.07) is 11.1. The number of benzene rings is 2. The Morgan fingerprint density at radius 3 is 2.30 bits per heavy atom. The van der Waals surface area contributed by atoms with Crippen LogP contribution < -0.4 is 4.74 Å². The van der Waals surface area contributed by atoms with Gasteiger partial charge >= 0.3 is 0 Å². The molecule has 104 valence electrons. The number of carbonyl (C=O) groups excluding carboxylic acids is 1. The van der Waals surface area contributed by atoms with Crippen LogP contribution in [0.15, 0.2) is 42.5 Å². The molecule has 2 N–H and O–H groups in total. The zero-order valence-electron chi connectivity index (χ0n) is 11.3. The third-order valence-corrected chi connectivity index (χ3v) is 3.26. The van der Waals surface area contributed by atoms with E-state index in [0.717, 1.165) is 5.56 Å². The third-order valence-electron chi connectivity index (χ3n) is 3.26. The molecule has 0 aliphatic carbocycles. The third kappa shape index (κ3) is 2.74. The fraction of sp³-hybridized carbons (Fsp3) is 0.188. The topological polar surface area (TPSA) is 66.8 Å². The van der Waals surface area contributed by atoms with Crippen molar-refractivity contribution in [3.63, 3.8) is 0 Å². The van der Waals surface area contributed by atoms with Crippen molar-refractivity contribution < 1.29 is 19.7 Å². The van der Waals surface area contributed by atoms with Gasteiger partial charge in [0, 0.05) is 12.0 Å². The van der Waals surface area contributed by atoms with E-state index in [1.54, 1.807) is 31.2 Å². The fourth-order valence-electron chi connectivity index (χ4n) is 1.99. The van der Waals surface area contributed by atoms with Gasteiger partial charge in [0.25, 0.3) is 0 Å². The predicted molar refractivity (Wildman–Crippen MR) is 75.5 cm³/mol. The number of ketones is 1. The van der Waals surface area contributed by atoms with E-state index in [9.17, 15) is 15.0 Å². The molecule has 0 heterocycles.